The van der Waals surface area contributed by atoms with Crippen molar-refractivity contribution < 1.29 is 4.42 Å². The van der Waals surface area contributed by atoms with Gasteiger partial charge in [0.1, 0.15) is 11.2 Å². The highest BCUT2D eigenvalue weighted by atomic mass is 127. The number of halogens is 2. The van der Waals surface area contributed by atoms with E-state index in [4.69, 9.17) is 16.0 Å². The van der Waals surface area contributed by atoms with E-state index in [1.807, 2.05) is 18.2 Å². The number of furan rings is 1. The third-order valence-corrected chi connectivity index (χ3v) is 5.83. The Kier molecular flexibility index (Phi) is 3.50. The molecule has 0 amide bonds. The monoisotopic (exact) mass is 454 g/mol. The van der Waals surface area contributed by atoms with E-state index in [9.17, 15) is 0 Å². The van der Waals surface area contributed by atoms with Crippen molar-refractivity contribution >= 4 is 66.9 Å². The Balaban J connectivity index is 1.95. The van der Waals surface area contributed by atoms with Gasteiger partial charge in [-0.1, -0.05) is 66.2 Å². The normalized spacial score (nSPS) is 11.6. The number of benzene rings is 4. The van der Waals surface area contributed by atoms with Gasteiger partial charge in [-0.25, -0.2) is 0 Å². The summed E-state index contributed by atoms with van der Waals surface area (Å²) in [5.41, 5.74) is 3.99. The maximum Gasteiger partial charge on any atom is 0.143 e. The quantitative estimate of drug-likeness (QED) is 0.237. The Morgan fingerprint density at radius 1 is 0.720 bits per heavy atom. The molecule has 25 heavy (non-hydrogen) atoms. The average molecular weight is 455 g/mol. The second kappa shape index (κ2) is 5.75. The van der Waals surface area contributed by atoms with Crippen molar-refractivity contribution in [2.45, 2.75) is 0 Å². The van der Waals surface area contributed by atoms with E-state index in [1.165, 1.54) is 19.9 Å². The molecule has 3 heteroatoms. The van der Waals surface area contributed by atoms with Gasteiger partial charge in [0.15, 0.2) is 0 Å². The maximum atomic E-state index is 6.43. The van der Waals surface area contributed by atoms with E-state index in [0.29, 0.717) is 0 Å². The van der Waals surface area contributed by atoms with Crippen molar-refractivity contribution in [3.8, 4) is 11.1 Å². The fourth-order valence-corrected chi connectivity index (χ4v) is 4.61. The third kappa shape index (κ3) is 2.28. The first-order valence-electron chi connectivity index (χ1n) is 8.01. The minimum atomic E-state index is 0.723. The van der Waals surface area contributed by atoms with Gasteiger partial charge in [-0.3, -0.25) is 0 Å². The van der Waals surface area contributed by atoms with Crippen LogP contribution in [0.5, 0.6) is 0 Å². The van der Waals surface area contributed by atoms with Crippen LogP contribution in [0.3, 0.4) is 0 Å². The van der Waals surface area contributed by atoms with Gasteiger partial charge >= 0.3 is 0 Å². The van der Waals surface area contributed by atoms with E-state index in [1.54, 1.807) is 0 Å². The summed E-state index contributed by atoms with van der Waals surface area (Å²) in [6.45, 7) is 0. The molecule has 0 aliphatic heterocycles. The molecular formula is C22H12ClIO. The number of hydrogen-bond acceptors (Lipinski definition) is 1. The van der Waals surface area contributed by atoms with Crippen molar-refractivity contribution in [3.63, 3.8) is 0 Å². The summed E-state index contributed by atoms with van der Waals surface area (Å²) in [4.78, 5) is 0. The lowest BCUT2D eigenvalue weighted by atomic mass is 9.97. The summed E-state index contributed by atoms with van der Waals surface area (Å²) < 4.78 is 7.45. The predicted octanol–water partition coefficient (Wildman–Crippen LogP) is 7.66. The molecule has 0 unspecified atom stereocenters. The number of fused-ring (bicyclic) bond motifs is 4. The molecule has 5 aromatic rings. The van der Waals surface area contributed by atoms with Crippen molar-refractivity contribution in [2.24, 2.45) is 0 Å². The maximum absolute atomic E-state index is 6.43. The van der Waals surface area contributed by atoms with E-state index < -0.39 is 0 Å². The highest BCUT2D eigenvalue weighted by Gasteiger charge is 2.16. The molecule has 1 nitrogen and oxygen atoms in total. The van der Waals surface area contributed by atoms with Crippen molar-refractivity contribution in [1.82, 2.24) is 0 Å². The first-order chi connectivity index (χ1) is 12.2. The standard InChI is InChI=1S/C22H12ClIO/c23-17-10-4-12-19-21(17)16-9-3-8-15(22(16)25-19)14-7-1-5-13-6-2-11-18(24)20(13)14/h1-12H. The Bertz CT molecular complexity index is 1260. The van der Waals surface area contributed by atoms with Gasteiger partial charge in [-0.15, -0.1) is 0 Å². The van der Waals surface area contributed by atoms with Crippen LogP contribution in [0.25, 0.3) is 43.8 Å². The zero-order valence-electron chi connectivity index (χ0n) is 13.1. The molecule has 1 heterocycles. The molecule has 0 aliphatic carbocycles. The summed E-state index contributed by atoms with van der Waals surface area (Å²) in [6.07, 6.45) is 0. The molecular weight excluding hydrogens is 443 g/mol. The molecule has 0 atom stereocenters. The molecule has 120 valence electrons. The van der Waals surface area contributed by atoms with Gasteiger partial charge in [0.05, 0.1) is 5.02 Å². The lowest BCUT2D eigenvalue weighted by molar-refractivity contribution is 0.670. The van der Waals surface area contributed by atoms with Crippen LogP contribution in [0, 0.1) is 3.57 Å². The first-order valence-corrected chi connectivity index (χ1v) is 9.47. The van der Waals surface area contributed by atoms with E-state index in [0.717, 1.165) is 32.5 Å². The minimum Gasteiger partial charge on any atom is -0.455 e. The summed E-state index contributed by atoms with van der Waals surface area (Å²) in [5, 5.41) is 5.25. The van der Waals surface area contributed by atoms with E-state index >= 15 is 0 Å². The van der Waals surface area contributed by atoms with E-state index in [-0.39, 0.29) is 0 Å². The highest BCUT2D eigenvalue weighted by molar-refractivity contribution is 14.1. The molecule has 0 saturated carbocycles. The Hall–Kier alpha value is -2.04. The number of hydrogen-bond donors (Lipinski definition) is 0. The van der Waals surface area contributed by atoms with Gasteiger partial charge in [0.25, 0.3) is 0 Å². The van der Waals surface area contributed by atoms with Crippen LogP contribution in [0.15, 0.2) is 77.2 Å². The molecule has 1 aromatic heterocycles. The van der Waals surface area contributed by atoms with Crippen LogP contribution in [0.2, 0.25) is 5.02 Å². The van der Waals surface area contributed by atoms with Crippen molar-refractivity contribution in [3.05, 3.63) is 81.4 Å². The fourth-order valence-electron chi connectivity index (χ4n) is 3.54. The minimum absolute atomic E-state index is 0.723. The number of para-hydroxylation sites is 1. The first kappa shape index (κ1) is 15.2. The summed E-state index contributed by atoms with van der Waals surface area (Å²) in [6, 6.07) is 24.9. The molecule has 0 saturated heterocycles. The predicted molar refractivity (Wildman–Crippen MR) is 114 cm³/mol. The van der Waals surface area contributed by atoms with Crippen LogP contribution in [-0.2, 0) is 0 Å². The van der Waals surface area contributed by atoms with Gasteiger partial charge < -0.3 is 4.42 Å². The van der Waals surface area contributed by atoms with Gasteiger partial charge in [0, 0.05) is 25.3 Å². The molecule has 0 spiro atoms. The zero-order chi connectivity index (χ0) is 17.0. The van der Waals surface area contributed by atoms with Crippen LogP contribution >= 0.6 is 34.2 Å². The largest absolute Gasteiger partial charge is 0.455 e. The lowest BCUT2D eigenvalue weighted by Gasteiger charge is -2.09. The Morgan fingerprint density at radius 3 is 2.32 bits per heavy atom. The summed E-state index contributed by atoms with van der Waals surface area (Å²) in [7, 11) is 0. The van der Waals surface area contributed by atoms with Crippen LogP contribution in [0.4, 0.5) is 0 Å². The average Bonchev–Trinajstić information content (AvgIpc) is 3.01. The Morgan fingerprint density at radius 2 is 1.44 bits per heavy atom. The van der Waals surface area contributed by atoms with Crippen LogP contribution < -0.4 is 0 Å². The smallest absolute Gasteiger partial charge is 0.143 e. The summed E-state index contributed by atoms with van der Waals surface area (Å²) >= 11 is 8.84. The molecule has 0 bridgehead atoms. The SMILES string of the molecule is Clc1cccc2oc3c(-c4cccc5cccc(I)c45)cccc3c12. The van der Waals surface area contributed by atoms with Gasteiger partial charge in [0.2, 0.25) is 0 Å². The van der Waals surface area contributed by atoms with Crippen molar-refractivity contribution in [1.29, 1.82) is 0 Å². The second-order valence-corrected chi connectivity index (χ2v) is 7.61. The van der Waals surface area contributed by atoms with Gasteiger partial charge in [-0.05, 0) is 51.7 Å². The number of rotatable bonds is 1. The molecule has 4 aromatic carbocycles. The van der Waals surface area contributed by atoms with Crippen LogP contribution in [-0.4, -0.2) is 0 Å². The Labute approximate surface area is 163 Å². The third-order valence-electron chi connectivity index (χ3n) is 4.62. The highest BCUT2D eigenvalue weighted by Crippen LogP contribution is 2.41. The second-order valence-electron chi connectivity index (χ2n) is 6.04. The molecule has 0 radical (unpaired) electrons. The lowest BCUT2D eigenvalue weighted by Crippen LogP contribution is -1.85. The van der Waals surface area contributed by atoms with E-state index in [2.05, 4.69) is 77.2 Å². The summed E-state index contributed by atoms with van der Waals surface area (Å²) in [5.74, 6) is 0. The molecule has 0 N–H and O–H groups in total. The zero-order valence-corrected chi connectivity index (χ0v) is 16.0. The van der Waals surface area contributed by atoms with Crippen molar-refractivity contribution in [2.75, 3.05) is 0 Å². The topological polar surface area (TPSA) is 13.1 Å². The molecule has 0 aliphatic rings. The van der Waals surface area contributed by atoms with Gasteiger partial charge in [-0.2, -0.15) is 0 Å². The molecule has 0 fully saturated rings. The van der Waals surface area contributed by atoms with Crippen LogP contribution in [0.1, 0.15) is 0 Å². The molecule has 5 rings (SSSR count). The fraction of sp³-hybridized carbons (Fsp3) is 0.